The number of carboxylic acids is 1. The van der Waals surface area contributed by atoms with Crippen LogP contribution in [0.2, 0.25) is 0 Å². The standard InChI is InChI=1S/C25H24N2O3/c1-14-16-8-6-12-30-21(16)11-10-17(14)23-19(13-22(28)29)15(2)26-25-24(23)18-7-4-5-9-20(18)27(25)3/h4-5,7,9-11H,6,8,12-13H2,1-3H3,(H,28,29). The summed E-state index contributed by atoms with van der Waals surface area (Å²) in [5.41, 5.74) is 7.97. The topological polar surface area (TPSA) is 64.3 Å². The minimum Gasteiger partial charge on any atom is -0.493 e. The molecular weight excluding hydrogens is 376 g/mol. The first kappa shape index (κ1) is 18.7. The number of ether oxygens (including phenoxy) is 1. The molecule has 0 saturated carbocycles. The van der Waals surface area contributed by atoms with Crippen LogP contribution >= 0.6 is 0 Å². The molecule has 3 heterocycles. The zero-order chi connectivity index (χ0) is 21.0. The van der Waals surface area contributed by atoms with Gasteiger partial charge in [-0.25, -0.2) is 4.98 Å². The fraction of sp³-hybridized carbons (Fsp3) is 0.280. The lowest BCUT2D eigenvalue weighted by Crippen LogP contribution is -2.11. The van der Waals surface area contributed by atoms with E-state index < -0.39 is 5.97 Å². The molecular formula is C25H24N2O3. The molecule has 2 aromatic heterocycles. The fourth-order valence-corrected chi connectivity index (χ4v) is 4.86. The molecule has 0 amide bonds. The number of carbonyl (C=O) groups is 1. The van der Waals surface area contributed by atoms with Gasteiger partial charge >= 0.3 is 5.97 Å². The highest BCUT2D eigenvalue weighted by atomic mass is 16.5. The fourth-order valence-electron chi connectivity index (χ4n) is 4.86. The van der Waals surface area contributed by atoms with Gasteiger partial charge in [-0.15, -0.1) is 0 Å². The molecule has 1 aliphatic rings. The molecule has 0 aliphatic carbocycles. The van der Waals surface area contributed by atoms with Crippen LogP contribution < -0.4 is 4.74 Å². The van der Waals surface area contributed by atoms with E-state index in [0.717, 1.165) is 69.5 Å². The van der Waals surface area contributed by atoms with Crippen LogP contribution in [0.5, 0.6) is 5.75 Å². The SMILES string of the molecule is Cc1nc2c(c(-c3ccc4c(c3C)CCCO4)c1CC(=O)O)c1ccccc1n2C. The maximum absolute atomic E-state index is 11.8. The summed E-state index contributed by atoms with van der Waals surface area (Å²) in [6.07, 6.45) is 1.92. The van der Waals surface area contributed by atoms with Gasteiger partial charge in [-0.05, 0) is 66.6 Å². The Morgan fingerprint density at radius 1 is 1.20 bits per heavy atom. The summed E-state index contributed by atoms with van der Waals surface area (Å²) >= 11 is 0. The summed E-state index contributed by atoms with van der Waals surface area (Å²) < 4.78 is 7.96. The summed E-state index contributed by atoms with van der Waals surface area (Å²) in [7, 11) is 2.02. The number of rotatable bonds is 3. The Balaban J connectivity index is 1.95. The molecule has 4 aromatic rings. The molecule has 2 aromatic carbocycles. The lowest BCUT2D eigenvalue weighted by molar-refractivity contribution is -0.136. The molecule has 5 heteroatoms. The molecule has 0 atom stereocenters. The Hall–Kier alpha value is -3.34. The van der Waals surface area contributed by atoms with Crippen LogP contribution in [0.15, 0.2) is 36.4 Å². The quantitative estimate of drug-likeness (QED) is 0.528. The van der Waals surface area contributed by atoms with E-state index >= 15 is 0 Å². The van der Waals surface area contributed by atoms with Gasteiger partial charge in [-0.3, -0.25) is 4.79 Å². The van der Waals surface area contributed by atoms with Gasteiger partial charge in [-0.1, -0.05) is 24.3 Å². The minimum atomic E-state index is -0.848. The second kappa shape index (κ2) is 6.87. The van der Waals surface area contributed by atoms with E-state index in [9.17, 15) is 9.90 Å². The summed E-state index contributed by atoms with van der Waals surface area (Å²) in [6.45, 7) is 4.79. The van der Waals surface area contributed by atoms with Crippen LogP contribution in [0.1, 0.15) is 28.8 Å². The molecule has 0 bridgehead atoms. The molecule has 0 unspecified atom stereocenters. The highest BCUT2D eigenvalue weighted by molar-refractivity contribution is 6.15. The normalized spacial score (nSPS) is 13.4. The predicted molar refractivity (Wildman–Crippen MR) is 118 cm³/mol. The van der Waals surface area contributed by atoms with Gasteiger partial charge in [0.25, 0.3) is 0 Å². The highest BCUT2D eigenvalue weighted by Gasteiger charge is 2.24. The summed E-state index contributed by atoms with van der Waals surface area (Å²) in [5.74, 6) is 0.0990. The summed E-state index contributed by atoms with van der Waals surface area (Å²) in [5, 5.41) is 11.8. The Morgan fingerprint density at radius 2 is 2.00 bits per heavy atom. The number of benzene rings is 2. The first-order valence-corrected chi connectivity index (χ1v) is 10.3. The minimum absolute atomic E-state index is 0.0552. The van der Waals surface area contributed by atoms with Crippen molar-refractivity contribution in [2.45, 2.75) is 33.1 Å². The van der Waals surface area contributed by atoms with Crippen molar-refractivity contribution in [1.82, 2.24) is 9.55 Å². The number of aliphatic carboxylic acids is 1. The van der Waals surface area contributed by atoms with Crippen molar-refractivity contribution in [2.75, 3.05) is 6.61 Å². The zero-order valence-electron chi connectivity index (χ0n) is 17.5. The Morgan fingerprint density at radius 3 is 2.80 bits per heavy atom. The summed E-state index contributed by atoms with van der Waals surface area (Å²) in [6, 6.07) is 12.3. The van der Waals surface area contributed by atoms with Crippen LogP contribution in [-0.4, -0.2) is 27.2 Å². The lowest BCUT2D eigenvalue weighted by atomic mass is 9.87. The van der Waals surface area contributed by atoms with E-state index in [1.165, 1.54) is 11.1 Å². The third kappa shape index (κ3) is 2.69. The van der Waals surface area contributed by atoms with Crippen molar-refractivity contribution in [3.63, 3.8) is 0 Å². The Kier molecular flexibility index (Phi) is 4.28. The van der Waals surface area contributed by atoms with Crippen molar-refractivity contribution in [1.29, 1.82) is 0 Å². The maximum atomic E-state index is 11.8. The van der Waals surface area contributed by atoms with E-state index in [0.29, 0.717) is 0 Å². The van der Waals surface area contributed by atoms with Gasteiger partial charge < -0.3 is 14.4 Å². The van der Waals surface area contributed by atoms with Crippen molar-refractivity contribution in [3.8, 4) is 16.9 Å². The highest BCUT2D eigenvalue weighted by Crippen LogP contribution is 2.42. The van der Waals surface area contributed by atoms with Crippen LogP contribution in [0, 0.1) is 13.8 Å². The van der Waals surface area contributed by atoms with Gasteiger partial charge in [0.1, 0.15) is 11.4 Å². The molecule has 0 saturated heterocycles. The third-order valence-corrected chi connectivity index (χ3v) is 6.32. The average molecular weight is 400 g/mol. The zero-order valence-corrected chi connectivity index (χ0v) is 17.5. The second-order valence-corrected chi connectivity index (χ2v) is 8.06. The van der Waals surface area contributed by atoms with Crippen LogP contribution in [0.25, 0.3) is 33.1 Å². The third-order valence-electron chi connectivity index (χ3n) is 6.32. The molecule has 30 heavy (non-hydrogen) atoms. The lowest BCUT2D eigenvalue weighted by Gasteiger charge is -2.23. The molecule has 5 nitrogen and oxygen atoms in total. The van der Waals surface area contributed by atoms with Gasteiger partial charge in [0.15, 0.2) is 0 Å². The number of pyridine rings is 1. The van der Waals surface area contributed by atoms with E-state index in [4.69, 9.17) is 9.72 Å². The van der Waals surface area contributed by atoms with E-state index in [2.05, 4.69) is 29.7 Å². The summed E-state index contributed by atoms with van der Waals surface area (Å²) in [4.78, 5) is 16.6. The molecule has 0 spiro atoms. The van der Waals surface area contributed by atoms with Crippen LogP contribution in [-0.2, 0) is 24.7 Å². The first-order chi connectivity index (χ1) is 14.5. The van der Waals surface area contributed by atoms with Crippen molar-refractivity contribution in [2.24, 2.45) is 7.05 Å². The Bertz CT molecular complexity index is 1330. The molecule has 0 radical (unpaired) electrons. The Labute approximate surface area is 174 Å². The van der Waals surface area contributed by atoms with Crippen molar-refractivity contribution in [3.05, 3.63) is 58.8 Å². The average Bonchev–Trinajstić information content (AvgIpc) is 3.01. The van der Waals surface area contributed by atoms with Gasteiger partial charge in [-0.2, -0.15) is 0 Å². The van der Waals surface area contributed by atoms with Gasteiger partial charge in [0, 0.05) is 23.5 Å². The number of nitrogens with zero attached hydrogens (tertiary/aromatic N) is 2. The van der Waals surface area contributed by atoms with E-state index in [-0.39, 0.29) is 6.42 Å². The number of aryl methyl sites for hydroxylation is 2. The van der Waals surface area contributed by atoms with Gasteiger partial charge in [0.2, 0.25) is 0 Å². The number of aromatic nitrogens is 2. The molecule has 1 N–H and O–H groups in total. The predicted octanol–water partition coefficient (Wildman–Crippen LogP) is 4.96. The number of hydrogen-bond donors (Lipinski definition) is 1. The molecule has 5 rings (SSSR count). The smallest absolute Gasteiger partial charge is 0.307 e. The van der Waals surface area contributed by atoms with Crippen LogP contribution in [0.3, 0.4) is 0 Å². The number of carboxylic acid groups (broad SMARTS) is 1. The largest absolute Gasteiger partial charge is 0.493 e. The molecule has 0 fully saturated rings. The number of fused-ring (bicyclic) bond motifs is 4. The first-order valence-electron chi connectivity index (χ1n) is 10.3. The number of hydrogen-bond acceptors (Lipinski definition) is 3. The van der Waals surface area contributed by atoms with Gasteiger partial charge in [0.05, 0.1) is 18.5 Å². The maximum Gasteiger partial charge on any atom is 0.307 e. The van der Waals surface area contributed by atoms with E-state index in [1.807, 2.05) is 32.2 Å². The monoisotopic (exact) mass is 400 g/mol. The van der Waals surface area contributed by atoms with Crippen molar-refractivity contribution >= 4 is 27.9 Å². The van der Waals surface area contributed by atoms with E-state index in [1.54, 1.807) is 0 Å². The van der Waals surface area contributed by atoms with Crippen molar-refractivity contribution < 1.29 is 14.6 Å². The number of para-hydroxylation sites is 1. The van der Waals surface area contributed by atoms with Crippen LogP contribution in [0.4, 0.5) is 0 Å². The molecule has 1 aliphatic heterocycles. The second-order valence-electron chi connectivity index (χ2n) is 8.06. The molecule has 152 valence electrons.